The van der Waals surface area contributed by atoms with E-state index in [-0.39, 0.29) is 18.8 Å². The number of aromatic nitrogens is 2. The molecule has 0 aliphatic heterocycles. The highest BCUT2D eigenvalue weighted by atomic mass is 19.3. The molecule has 1 saturated carbocycles. The molecule has 2 rings (SSSR count). The lowest BCUT2D eigenvalue weighted by molar-refractivity contribution is -0.0970. The summed E-state index contributed by atoms with van der Waals surface area (Å²) >= 11 is 0. The fourth-order valence-corrected chi connectivity index (χ4v) is 1.43. The molecule has 15 heavy (non-hydrogen) atoms. The summed E-state index contributed by atoms with van der Waals surface area (Å²) in [5.74, 6) is -2.36. The van der Waals surface area contributed by atoms with Gasteiger partial charge in [-0.25, -0.2) is 8.78 Å². The second-order valence-electron chi connectivity index (χ2n) is 4.04. The highest BCUT2D eigenvalue weighted by Crippen LogP contribution is 2.41. The van der Waals surface area contributed by atoms with E-state index in [1.807, 2.05) is 20.2 Å². The molecule has 0 atom stereocenters. The molecular formula is C11H16F2N2. The minimum atomic E-state index is -2.37. The van der Waals surface area contributed by atoms with Crippen molar-refractivity contribution in [1.82, 2.24) is 9.78 Å². The molecule has 1 aromatic rings. The molecule has 0 N–H and O–H groups in total. The Morgan fingerprint density at radius 1 is 1.53 bits per heavy atom. The normalized spacial score (nSPS) is 19.1. The summed E-state index contributed by atoms with van der Waals surface area (Å²) in [6, 6.07) is 0. The van der Waals surface area contributed by atoms with E-state index in [2.05, 4.69) is 18.9 Å². The Bertz CT molecular complexity index is 304. The molecule has 0 bridgehead atoms. The van der Waals surface area contributed by atoms with Crippen molar-refractivity contribution in [2.75, 3.05) is 0 Å². The minimum Gasteiger partial charge on any atom is -0.275 e. The first-order chi connectivity index (χ1) is 6.80. The van der Waals surface area contributed by atoms with Gasteiger partial charge in [0.05, 0.1) is 5.69 Å². The molecule has 0 amide bonds. The van der Waals surface area contributed by atoms with Gasteiger partial charge in [0.25, 0.3) is 0 Å². The Hall–Kier alpha value is -0.930. The first-order valence-electron chi connectivity index (χ1n) is 4.83. The molecule has 84 valence electrons. The Kier molecular flexibility index (Phi) is 3.47. The Balaban J connectivity index is 0.000000151. The summed E-state index contributed by atoms with van der Waals surface area (Å²) < 4.78 is 25.3. The summed E-state index contributed by atoms with van der Waals surface area (Å²) in [7, 11) is 1.89. The number of aryl methyl sites for hydroxylation is 2. The van der Waals surface area contributed by atoms with Gasteiger partial charge < -0.3 is 0 Å². The molecule has 0 saturated heterocycles. The third-order valence-electron chi connectivity index (χ3n) is 2.29. The second kappa shape index (κ2) is 4.29. The van der Waals surface area contributed by atoms with E-state index in [1.54, 1.807) is 4.68 Å². The van der Waals surface area contributed by atoms with Gasteiger partial charge >= 0.3 is 0 Å². The zero-order chi connectivity index (χ0) is 11.6. The van der Waals surface area contributed by atoms with Gasteiger partial charge in [-0.15, -0.1) is 0 Å². The van der Waals surface area contributed by atoms with E-state index in [4.69, 9.17) is 0 Å². The molecule has 0 spiro atoms. The third kappa shape index (κ3) is 3.61. The lowest BCUT2D eigenvalue weighted by Crippen LogP contribution is -2.33. The van der Waals surface area contributed by atoms with Crippen LogP contribution in [0.25, 0.3) is 0 Å². The van der Waals surface area contributed by atoms with Gasteiger partial charge in [-0.3, -0.25) is 4.68 Å². The summed E-state index contributed by atoms with van der Waals surface area (Å²) in [5, 5.41) is 4.06. The number of hydrogen-bond donors (Lipinski definition) is 0. The maximum Gasteiger partial charge on any atom is 0.248 e. The number of hydrogen-bond acceptors (Lipinski definition) is 1. The summed E-state index contributed by atoms with van der Waals surface area (Å²) in [6.07, 6.45) is 1.88. The van der Waals surface area contributed by atoms with Gasteiger partial charge in [0, 0.05) is 26.1 Å². The summed E-state index contributed by atoms with van der Waals surface area (Å²) in [5.41, 5.74) is 2.01. The molecule has 0 unspecified atom stereocenters. The van der Waals surface area contributed by atoms with Crippen LogP contribution in [0.1, 0.15) is 24.1 Å². The number of halogens is 2. The van der Waals surface area contributed by atoms with Crippen LogP contribution in [0.3, 0.4) is 0 Å². The monoisotopic (exact) mass is 214 g/mol. The van der Waals surface area contributed by atoms with E-state index in [1.165, 1.54) is 0 Å². The Morgan fingerprint density at radius 2 is 2.07 bits per heavy atom. The van der Waals surface area contributed by atoms with Crippen LogP contribution in [0.4, 0.5) is 8.78 Å². The lowest BCUT2D eigenvalue weighted by Gasteiger charge is -2.31. The molecule has 1 heterocycles. The summed E-state index contributed by atoms with van der Waals surface area (Å²) in [4.78, 5) is 0. The first-order valence-corrected chi connectivity index (χ1v) is 4.83. The van der Waals surface area contributed by atoms with Gasteiger partial charge in [0.2, 0.25) is 5.92 Å². The highest BCUT2D eigenvalue weighted by Gasteiger charge is 2.42. The van der Waals surface area contributed by atoms with Gasteiger partial charge in [-0.05, 0) is 32.3 Å². The molecule has 2 nitrogen and oxygen atoms in total. The zero-order valence-electron chi connectivity index (χ0n) is 9.13. The standard InChI is InChI=1S/C6H9N2.C5H7F2/c1-5-4-8(3)7-6(5)2;1-4-2-5(6,7)3-4/h4H,1H2,2-3H3;4H,1-3H2. The van der Waals surface area contributed by atoms with Crippen LogP contribution < -0.4 is 0 Å². The number of alkyl halides is 2. The first kappa shape index (κ1) is 12.1. The van der Waals surface area contributed by atoms with Gasteiger partial charge in [-0.1, -0.05) is 0 Å². The van der Waals surface area contributed by atoms with Crippen molar-refractivity contribution in [3.63, 3.8) is 0 Å². The van der Waals surface area contributed by atoms with Crippen molar-refractivity contribution in [3.05, 3.63) is 31.3 Å². The van der Waals surface area contributed by atoms with Crippen LogP contribution in [0, 0.1) is 26.7 Å². The van der Waals surface area contributed by atoms with Crippen LogP contribution in [0.15, 0.2) is 6.20 Å². The average molecular weight is 214 g/mol. The maximum absolute atomic E-state index is 11.7. The van der Waals surface area contributed by atoms with Crippen molar-refractivity contribution in [2.24, 2.45) is 13.0 Å². The molecule has 1 aliphatic rings. The van der Waals surface area contributed by atoms with Crippen molar-refractivity contribution >= 4 is 0 Å². The average Bonchev–Trinajstić information content (AvgIpc) is 2.26. The number of nitrogens with zero attached hydrogens (tertiary/aromatic N) is 2. The van der Waals surface area contributed by atoms with Crippen LogP contribution in [0.2, 0.25) is 0 Å². The summed E-state index contributed by atoms with van der Waals surface area (Å²) in [6.45, 7) is 9.16. The highest BCUT2D eigenvalue weighted by molar-refractivity contribution is 5.17. The molecular weight excluding hydrogens is 198 g/mol. The lowest BCUT2D eigenvalue weighted by atomic mass is 9.83. The predicted molar refractivity (Wildman–Crippen MR) is 55.4 cm³/mol. The second-order valence-corrected chi connectivity index (χ2v) is 4.04. The van der Waals surface area contributed by atoms with Crippen LogP contribution in [-0.4, -0.2) is 15.7 Å². The van der Waals surface area contributed by atoms with Crippen LogP contribution in [-0.2, 0) is 7.05 Å². The fraction of sp³-hybridized carbons (Fsp3) is 0.545. The van der Waals surface area contributed by atoms with Crippen LogP contribution in [0.5, 0.6) is 0 Å². The Morgan fingerprint density at radius 3 is 2.13 bits per heavy atom. The van der Waals surface area contributed by atoms with Gasteiger partial charge in [0.1, 0.15) is 0 Å². The van der Waals surface area contributed by atoms with Crippen molar-refractivity contribution in [3.8, 4) is 0 Å². The van der Waals surface area contributed by atoms with E-state index in [9.17, 15) is 8.78 Å². The van der Waals surface area contributed by atoms with Gasteiger partial charge in [0.15, 0.2) is 0 Å². The van der Waals surface area contributed by atoms with E-state index < -0.39 is 5.92 Å². The quantitative estimate of drug-likeness (QED) is 0.649. The van der Waals surface area contributed by atoms with Crippen molar-refractivity contribution < 1.29 is 8.78 Å². The topological polar surface area (TPSA) is 17.8 Å². The number of rotatable bonds is 0. The van der Waals surface area contributed by atoms with Crippen molar-refractivity contribution in [1.29, 1.82) is 0 Å². The molecule has 1 aromatic heterocycles. The molecule has 0 aromatic carbocycles. The zero-order valence-corrected chi connectivity index (χ0v) is 9.13. The van der Waals surface area contributed by atoms with Gasteiger partial charge in [-0.2, -0.15) is 5.10 Å². The van der Waals surface area contributed by atoms with E-state index in [0.29, 0.717) is 0 Å². The fourth-order valence-electron chi connectivity index (χ4n) is 1.43. The largest absolute Gasteiger partial charge is 0.275 e. The smallest absolute Gasteiger partial charge is 0.248 e. The Labute approximate surface area is 89.3 Å². The molecule has 4 heteroatoms. The minimum absolute atomic E-state index is 0.00694. The van der Waals surface area contributed by atoms with E-state index in [0.717, 1.165) is 11.3 Å². The predicted octanol–water partition coefficient (Wildman–Crippen LogP) is 2.78. The van der Waals surface area contributed by atoms with Crippen molar-refractivity contribution in [2.45, 2.75) is 25.7 Å². The SMILES string of the molecule is [CH2]C1CC(F)(F)C1.[CH2]c1cn(C)nc1C. The maximum atomic E-state index is 11.7. The van der Waals surface area contributed by atoms with E-state index >= 15 is 0 Å². The van der Waals surface area contributed by atoms with Crippen LogP contribution >= 0.6 is 0 Å². The molecule has 1 aliphatic carbocycles. The molecule has 2 radical (unpaired) electrons. The molecule has 1 fully saturated rings. The third-order valence-corrected chi connectivity index (χ3v) is 2.29.